The molecule has 2 aliphatic heterocycles. The Balaban J connectivity index is 0.000000472. The lowest BCUT2D eigenvalue weighted by Crippen LogP contribution is -2.47. The fourth-order valence-corrected chi connectivity index (χ4v) is 5.28. The molecular formula is C30H34F4N6O3. The number of nitrogens with one attached hydrogen (secondary N) is 1. The van der Waals surface area contributed by atoms with E-state index < -0.39 is 12.1 Å². The van der Waals surface area contributed by atoms with Gasteiger partial charge in [0, 0.05) is 74.1 Å². The second kappa shape index (κ2) is 13.1. The van der Waals surface area contributed by atoms with E-state index in [9.17, 15) is 22.7 Å². The number of aromatic nitrogens is 2. The quantitative estimate of drug-likeness (QED) is 0.340. The second-order valence-corrected chi connectivity index (χ2v) is 10.9. The average molecular weight is 603 g/mol. The van der Waals surface area contributed by atoms with Crippen molar-refractivity contribution in [1.29, 1.82) is 0 Å². The van der Waals surface area contributed by atoms with Gasteiger partial charge in [-0.3, -0.25) is 4.90 Å². The molecule has 230 valence electrons. The molecule has 1 aliphatic carbocycles. The zero-order valence-corrected chi connectivity index (χ0v) is 23.5. The Hall–Kier alpha value is -3.97. The van der Waals surface area contributed by atoms with Crippen molar-refractivity contribution in [3.63, 3.8) is 0 Å². The first-order chi connectivity index (χ1) is 20.5. The molecule has 2 saturated heterocycles. The van der Waals surface area contributed by atoms with Gasteiger partial charge < -0.3 is 25.3 Å². The number of hydrogen-bond donors (Lipinski definition) is 3. The minimum absolute atomic E-state index is 0.182. The van der Waals surface area contributed by atoms with E-state index in [1.54, 1.807) is 18.3 Å². The number of aliphatic hydroxyl groups excluding tert-OH is 1. The van der Waals surface area contributed by atoms with Crippen LogP contribution in [0, 0.1) is 5.82 Å². The highest BCUT2D eigenvalue weighted by Crippen LogP contribution is 2.31. The first-order valence-electron chi connectivity index (χ1n) is 14.3. The molecule has 3 aliphatic rings. The highest BCUT2D eigenvalue weighted by atomic mass is 19.4. The van der Waals surface area contributed by atoms with Crippen LogP contribution in [0.15, 0.2) is 54.7 Å². The normalized spacial score (nSPS) is 18.2. The van der Waals surface area contributed by atoms with E-state index in [1.807, 2.05) is 24.3 Å². The SMILES string of the molecule is O=C(O)C(F)(F)F.OC1CCN(c2ccc(Nc3nccc(-c4cc(F)cc(N5CCN(C6CC6)CC5)c4)n3)cc2)CC1. The maximum absolute atomic E-state index is 14.6. The Kier molecular flexibility index (Phi) is 9.31. The fourth-order valence-electron chi connectivity index (χ4n) is 5.28. The third-order valence-corrected chi connectivity index (χ3v) is 7.77. The number of halogens is 4. The molecule has 0 bridgehead atoms. The van der Waals surface area contributed by atoms with Gasteiger partial charge in [-0.1, -0.05) is 0 Å². The van der Waals surface area contributed by atoms with E-state index in [2.05, 4.69) is 42.1 Å². The summed E-state index contributed by atoms with van der Waals surface area (Å²) in [7, 11) is 0. The summed E-state index contributed by atoms with van der Waals surface area (Å²) in [5.41, 5.74) is 4.39. The van der Waals surface area contributed by atoms with Crippen LogP contribution in [0.2, 0.25) is 0 Å². The summed E-state index contributed by atoms with van der Waals surface area (Å²) in [5, 5.41) is 20.1. The van der Waals surface area contributed by atoms with Crippen molar-refractivity contribution in [2.75, 3.05) is 54.4 Å². The van der Waals surface area contributed by atoms with Crippen LogP contribution in [0.3, 0.4) is 0 Å². The minimum atomic E-state index is -5.08. The second-order valence-electron chi connectivity index (χ2n) is 10.9. The summed E-state index contributed by atoms with van der Waals surface area (Å²) < 4.78 is 46.4. The van der Waals surface area contributed by atoms with Crippen LogP contribution in [0.4, 0.5) is 40.6 Å². The first kappa shape index (κ1) is 30.5. The zero-order valence-electron chi connectivity index (χ0n) is 23.5. The maximum Gasteiger partial charge on any atom is 0.490 e. The van der Waals surface area contributed by atoms with E-state index in [0.717, 1.165) is 80.8 Å². The highest BCUT2D eigenvalue weighted by molar-refractivity contribution is 5.73. The van der Waals surface area contributed by atoms with E-state index in [4.69, 9.17) is 9.90 Å². The number of hydrogen-bond acceptors (Lipinski definition) is 8. The Bertz CT molecular complexity index is 1390. The lowest BCUT2D eigenvalue weighted by molar-refractivity contribution is -0.192. The monoisotopic (exact) mass is 602 g/mol. The molecule has 0 unspecified atom stereocenters. The van der Waals surface area contributed by atoms with Crippen molar-refractivity contribution in [3.8, 4) is 11.3 Å². The van der Waals surface area contributed by atoms with Crippen LogP contribution < -0.4 is 15.1 Å². The number of alkyl halides is 3. The standard InChI is InChI=1S/C28H33FN6O.C2HF3O2/c29-21-17-20(18-25(19-21)35-15-13-34(14-16-35)24-5-6-24)27-7-10-30-28(32-27)31-22-1-3-23(4-2-22)33-11-8-26(36)9-12-33;3-2(4,5)1(6)7/h1-4,7,10,17-19,24,26,36H,5-6,8-9,11-16H2,(H,30,31,32);(H,6,7). The number of nitrogens with zero attached hydrogens (tertiary/aromatic N) is 5. The van der Waals surface area contributed by atoms with Crippen molar-refractivity contribution >= 4 is 29.0 Å². The van der Waals surface area contributed by atoms with Gasteiger partial charge in [0.1, 0.15) is 5.82 Å². The molecular weight excluding hydrogens is 568 g/mol. The smallest absolute Gasteiger partial charge is 0.475 e. The zero-order chi connectivity index (χ0) is 30.6. The van der Waals surface area contributed by atoms with E-state index in [-0.39, 0.29) is 11.9 Å². The molecule has 1 aromatic heterocycles. The fraction of sp³-hybridized carbons (Fsp3) is 0.433. The van der Waals surface area contributed by atoms with E-state index in [1.165, 1.54) is 12.8 Å². The van der Waals surface area contributed by atoms with E-state index >= 15 is 0 Å². The Morgan fingerprint density at radius 2 is 1.49 bits per heavy atom. The Morgan fingerprint density at radius 3 is 2.09 bits per heavy atom. The number of piperidine rings is 1. The topological polar surface area (TPSA) is 105 Å². The summed E-state index contributed by atoms with van der Waals surface area (Å²) in [5.74, 6) is -2.53. The van der Waals surface area contributed by atoms with Gasteiger partial charge >= 0.3 is 12.1 Å². The summed E-state index contributed by atoms with van der Waals surface area (Å²) in [6.07, 6.45) is 0.692. The molecule has 43 heavy (non-hydrogen) atoms. The average Bonchev–Trinajstić information content (AvgIpc) is 3.84. The maximum atomic E-state index is 14.6. The van der Waals surface area contributed by atoms with Crippen LogP contribution in [0.25, 0.3) is 11.3 Å². The molecule has 9 nitrogen and oxygen atoms in total. The van der Waals surface area contributed by atoms with Crippen LogP contribution in [0.1, 0.15) is 25.7 Å². The Labute approximate surface area is 246 Å². The van der Waals surface area contributed by atoms with Crippen molar-refractivity contribution in [3.05, 3.63) is 60.5 Å². The van der Waals surface area contributed by atoms with Crippen molar-refractivity contribution in [2.24, 2.45) is 0 Å². The molecule has 3 N–H and O–H groups in total. The van der Waals surface area contributed by atoms with Gasteiger partial charge in [-0.05, 0) is 74.2 Å². The number of aliphatic carboxylic acids is 1. The number of carboxylic acid groups (broad SMARTS) is 1. The predicted molar refractivity (Wildman–Crippen MR) is 155 cm³/mol. The van der Waals surface area contributed by atoms with Gasteiger partial charge in [0.2, 0.25) is 5.95 Å². The molecule has 3 fully saturated rings. The minimum Gasteiger partial charge on any atom is -0.475 e. The molecule has 6 rings (SSSR count). The number of benzene rings is 2. The van der Waals surface area contributed by atoms with Crippen LogP contribution in [0.5, 0.6) is 0 Å². The van der Waals surface area contributed by atoms with Gasteiger partial charge in [-0.2, -0.15) is 13.2 Å². The summed E-state index contributed by atoms with van der Waals surface area (Å²) in [6, 6.07) is 16.0. The van der Waals surface area contributed by atoms with Crippen LogP contribution in [-0.2, 0) is 4.79 Å². The predicted octanol–water partition coefficient (Wildman–Crippen LogP) is 4.91. The number of anilines is 4. The number of rotatable bonds is 6. The van der Waals surface area contributed by atoms with Crippen molar-refractivity contribution in [2.45, 2.75) is 44.0 Å². The molecule has 0 atom stereocenters. The summed E-state index contributed by atoms with van der Waals surface area (Å²) in [6.45, 7) is 5.65. The lowest BCUT2D eigenvalue weighted by Gasteiger charge is -2.36. The number of aliphatic hydroxyl groups is 1. The van der Waals surface area contributed by atoms with Gasteiger partial charge in [0.25, 0.3) is 0 Å². The molecule has 0 spiro atoms. The number of piperazine rings is 1. The number of carbonyl (C=O) groups is 1. The first-order valence-corrected chi connectivity index (χ1v) is 14.3. The molecule has 1 saturated carbocycles. The van der Waals surface area contributed by atoms with Gasteiger partial charge in [-0.25, -0.2) is 19.2 Å². The summed E-state index contributed by atoms with van der Waals surface area (Å²) >= 11 is 0. The van der Waals surface area contributed by atoms with E-state index in [0.29, 0.717) is 11.6 Å². The van der Waals surface area contributed by atoms with Crippen LogP contribution >= 0.6 is 0 Å². The van der Waals surface area contributed by atoms with Crippen molar-refractivity contribution < 1.29 is 32.6 Å². The molecule has 13 heteroatoms. The Morgan fingerprint density at radius 1 is 0.860 bits per heavy atom. The summed E-state index contributed by atoms with van der Waals surface area (Å²) in [4.78, 5) is 25.1. The third kappa shape index (κ3) is 8.32. The molecule has 0 radical (unpaired) electrons. The third-order valence-electron chi connectivity index (χ3n) is 7.77. The van der Waals surface area contributed by atoms with Gasteiger partial charge in [0.05, 0.1) is 11.8 Å². The highest BCUT2D eigenvalue weighted by Gasteiger charge is 2.38. The molecule has 3 aromatic rings. The molecule has 3 heterocycles. The van der Waals surface area contributed by atoms with Gasteiger partial charge in [0.15, 0.2) is 0 Å². The largest absolute Gasteiger partial charge is 0.490 e. The molecule has 0 amide bonds. The van der Waals surface area contributed by atoms with Crippen molar-refractivity contribution in [1.82, 2.24) is 14.9 Å². The van der Waals surface area contributed by atoms with Gasteiger partial charge in [-0.15, -0.1) is 0 Å². The van der Waals surface area contributed by atoms with Crippen LogP contribution in [-0.4, -0.2) is 88.6 Å². The number of carboxylic acids is 1. The lowest BCUT2D eigenvalue weighted by atomic mass is 10.1. The molecule has 2 aromatic carbocycles.